The molecule has 1 saturated heterocycles. The summed E-state index contributed by atoms with van der Waals surface area (Å²) < 4.78 is 32.0. The summed E-state index contributed by atoms with van der Waals surface area (Å²) >= 11 is 1.54. The maximum absolute atomic E-state index is 12.7. The Kier molecular flexibility index (Phi) is 7.99. The van der Waals surface area contributed by atoms with Crippen LogP contribution in [-0.4, -0.2) is 49.9 Å². The Morgan fingerprint density at radius 2 is 1.87 bits per heavy atom. The van der Waals surface area contributed by atoms with E-state index < -0.39 is 10.0 Å². The Bertz CT molecular complexity index is 949. The first kappa shape index (κ1) is 22.9. The minimum absolute atomic E-state index is 0.0838. The van der Waals surface area contributed by atoms with Gasteiger partial charge >= 0.3 is 0 Å². The van der Waals surface area contributed by atoms with Gasteiger partial charge in [0.25, 0.3) is 0 Å². The lowest BCUT2D eigenvalue weighted by Crippen LogP contribution is -2.40. The molecule has 0 saturated carbocycles. The van der Waals surface area contributed by atoms with E-state index in [1.807, 2.05) is 0 Å². The number of amides is 1. The Hall–Kier alpha value is -1.81. The molecule has 0 unspecified atom stereocenters. The topological polar surface area (TPSA) is 88.6 Å². The second kappa shape index (κ2) is 10.5. The number of sulfonamides is 1. The number of hydrogen-bond donors (Lipinski definition) is 1. The molecule has 1 N–H and O–H groups in total. The summed E-state index contributed by atoms with van der Waals surface area (Å²) in [4.78, 5) is 18.4. The number of nitrogens with one attached hydrogen (secondary N) is 1. The summed E-state index contributed by atoms with van der Waals surface area (Å²) in [6, 6.07) is 6.78. The van der Waals surface area contributed by atoms with E-state index in [0.717, 1.165) is 30.5 Å². The summed E-state index contributed by atoms with van der Waals surface area (Å²) in [5, 5.41) is 3.56. The quantitative estimate of drug-likeness (QED) is 0.632. The summed E-state index contributed by atoms with van der Waals surface area (Å²) in [6.07, 6.45) is 3.73. The first-order chi connectivity index (χ1) is 14.4. The fraction of sp³-hybridized carbons (Fsp3) is 0.524. The van der Waals surface area contributed by atoms with Crippen molar-refractivity contribution < 1.29 is 17.9 Å². The number of aryl methyl sites for hydroxylation is 3. The van der Waals surface area contributed by atoms with Gasteiger partial charge in [-0.25, -0.2) is 13.4 Å². The van der Waals surface area contributed by atoms with Crippen LogP contribution in [0, 0.1) is 0 Å². The van der Waals surface area contributed by atoms with Crippen LogP contribution in [0.25, 0.3) is 0 Å². The van der Waals surface area contributed by atoms with Gasteiger partial charge in [-0.05, 0) is 37.0 Å². The third-order valence-electron chi connectivity index (χ3n) is 5.00. The monoisotopic (exact) mass is 451 g/mol. The zero-order valence-corrected chi connectivity index (χ0v) is 19.2. The molecular formula is C21H29N3O4S2. The van der Waals surface area contributed by atoms with Crippen LogP contribution in [0.1, 0.15) is 42.8 Å². The maximum Gasteiger partial charge on any atom is 0.243 e. The van der Waals surface area contributed by atoms with Gasteiger partial charge in [-0.1, -0.05) is 32.4 Å². The van der Waals surface area contributed by atoms with Gasteiger partial charge in [-0.2, -0.15) is 4.31 Å². The molecule has 2 aromatic rings. The van der Waals surface area contributed by atoms with Crippen molar-refractivity contribution in [1.82, 2.24) is 9.29 Å². The van der Waals surface area contributed by atoms with Gasteiger partial charge in [-0.15, -0.1) is 11.3 Å². The summed E-state index contributed by atoms with van der Waals surface area (Å²) in [5.41, 5.74) is 2.00. The van der Waals surface area contributed by atoms with Crippen LogP contribution in [0.15, 0.2) is 29.2 Å². The molecule has 2 heterocycles. The van der Waals surface area contributed by atoms with Gasteiger partial charge in [0.15, 0.2) is 5.13 Å². The average molecular weight is 452 g/mol. The number of ether oxygens (including phenoxy) is 1. The zero-order chi connectivity index (χ0) is 21.6. The predicted molar refractivity (Wildman–Crippen MR) is 118 cm³/mol. The molecule has 1 aliphatic rings. The molecule has 1 amide bonds. The van der Waals surface area contributed by atoms with Crippen molar-refractivity contribution in [2.45, 2.75) is 50.8 Å². The van der Waals surface area contributed by atoms with E-state index in [-0.39, 0.29) is 10.8 Å². The summed E-state index contributed by atoms with van der Waals surface area (Å²) in [7, 11) is -3.49. The van der Waals surface area contributed by atoms with Crippen molar-refractivity contribution >= 4 is 32.4 Å². The number of aromatic nitrogens is 1. The van der Waals surface area contributed by atoms with E-state index in [9.17, 15) is 13.2 Å². The standard InChI is InChI=1S/C21H29N3O4S2/c1-3-5-18-19(4-2)29-21(22-18)23-20(25)11-8-16-6-9-17(10-7-16)30(26,27)24-12-14-28-15-13-24/h6-7,9-10H,3-5,8,11-15H2,1-2H3,(H,22,23,25). The van der Waals surface area contributed by atoms with Crippen molar-refractivity contribution in [2.24, 2.45) is 0 Å². The molecule has 7 nitrogen and oxygen atoms in total. The highest BCUT2D eigenvalue weighted by molar-refractivity contribution is 7.89. The molecule has 9 heteroatoms. The van der Waals surface area contributed by atoms with Crippen LogP contribution in [0.5, 0.6) is 0 Å². The average Bonchev–Trinajstić information content (AvgIpc) is 3.14. The number of thiazole rings is 1. The van der Waals surface area contributed by atoms with Crippen LogP contribution in [0.4, 0.5) is 5.13 Å². The number of carbonyl (C=O) groups excluding carboxylic acids is 1. The van der Waals surface area contributed by atoms with Gasteiger partial charge in [0.2, 0.25) is 15.9 Å². The van der Waals surface area contributed by atoms with Crippen molar-refractivity contribution in [3.63, 3.8) is 0 Å². The number of nitrogens with zero attached hydrogens (tertiary/aromatic N) is 2. The van der Waals surface area contributed by atoms with Crippen molar-refractivity contribution in [1.29, 1.82) is 0 Å². The van der Waals surface area contributed by atoms with Gasteiger partial charge in [0.1, 0.15) is 0 Å². The van der Waals surface area contributed by atoms with E-state index in [4.69, 9.17) is 4.74 Å². The fourth-order valence-electron chi connectivity index (χ4n) is 3.35. The largest absolute Gasteiger partial charge is 0.379 e. The van der Waals surface area contributed by atoms with E-state index >= 15 is 0 Å². The minimum atomic E-state index is -3.49. The first-order valence-corrected chi connectivity index (χ1v) is 12.6. The second-order valence-electron chi connectivity index (χ2n) is 7.20. The molecule has 0 aliphatic carbocycles. The number of benzene rings is 1. The lowest BCUT2D eigenvalue weighted by Gasteiger charge is -2.26. The Morgan fingerprint density at radius 3 is 2.50 bits per heavy atom. The molecular weight excluding hydrogens is 422 g/mol. The first-order valence-electron chi connectivity index (χ1n) is 10.4. The molecule has 0 atom stereocenters. The maximum atomic E-state index is 12.7. The lowest BCUT2D eigenvalue weighted by molar-refractivity contribution is -0.116. The van der Waals surface area contributed by atoms with Crippen LogP contribution in [-0.2, 0) is 38.8 Å². The highest BCUT2D eigenvalue weighted by atomic mass is 32.2. The van der Waals surface area contributed by atoms with Gasteiger partial charge < -0.3 is 10.1 Å². The van der Waals surface area contributed by atoms with Gasteiger partial charge in [-0.3, -0.25) is 4.79 Å². The minimum Gasteiger partial charge on any atom is -0.379 e. The van der Waals surface area contributed by atoms with Crippen molar-refractivity contribution in [3.05, 3.63) is 40.4 Å². The number of rotatable bonds is 9. The fourth-order valence-corrected chi connectivity index (χ4v) is 5.72. The Balaban J connectivity index is 1.55. The molecule has 164 valence electrons. The summed E-state index contributed by atoms with van der Waals surface area (Å²) in [6.45, 7) is 5.81. The third-order valence-corrected chi connectivity index (χ3v) is 8.07. The Morgan fingerprint density at radius 1 is 1.17 bits per heavy atom. The smallest absolute Gasteiger partial charge is 0.243 e. The molecule has 1 aromatic carbocycles. The third kappa shape index (κ3) is 5.66. The molecule has 30 heavy (non-hydrogen) atoms. The summed E-state index contributed by atoms with van der Waals surface area (Å²) in [5.74, 6) is -0.0838. The van der Waals surface area contributed by atoms with Gasteiger partial charge in [0, 0.05) is 24.4 Å². The molecule has 0 radical (unpaired) electrons. The second-order valence-corrected chi connectivity index (χ2v) is 10.2. The van der Waals surface area contributed by atoms with Crippen LogP contribution in [0.2, 0.25) is 0 Å². The number of anilines is 1. The van der Waals surface area contributed by atoms with Crippen LogP contribution < -0.4 is 5.32 Å². The highest BCUT2D eigenvalue weighted by Crippen LogP contribution is 2.25. The van der Waals surface area contributed by atoms with Crippen LogP contribution in [0.3, 0.4) is 0 Å². The number of morpholine rings is 1. The normalized spacial score (nSPS) is 15.3. The molecule has 0 bridgehead atoms. The Labute approximate surface area is 182 Å². The molecule has 3 rings (SSSR count). The molecule has 1 aromatic heterocycles. The highest BCUT2D eigenvalue weighted by Gasteiger charge is 2.26. The van der Waals surface area contributed by atoms with E-state index in [1.54, 1.807) is 35.6 Å². The van der Waals surface area contributed by atoms with Crippen molar-refractivity contribution in [2.75, 3.05) is 31.6 Å². The molecule has 0 spiro atoms. The number of carbonyl (C=O) groups is 1. The number of hydrogen-bond acceptors (Lipinski definition) is 6. The van der Waals surface area contributed by atoms with E-state index in [0.29, 0.717) is 44.3 Å². The molecule has 1 fully saturated rings. The predicted octanol–water partition coefficient (Wildman–Crippen LogP) is 3.25. The molecule has 1 aliphatic heterocycles. The SMILES string of the molecule is CCCc1nc(NC(=O)CCc2ccc(S(=O)(=O)N3CCOCC3)cc2)sc1CC. The van der Waals surface area contributed by atoms with E-state index in [1.165, 1.54) is 9.18 Å². The van der Waals surface area contributed by atoms with Crippen molar-refractivity contribution in [3.8, 4) is 0 Å². The van der Waals surface area contributed by atoms with E-state index in [2.05, 4.69) is 24.1 Å². The van der Waals surface area contributed by atoms with Gasteiger partial charge in [0.05, 0.1) is 23.8 Å². The van der Waals surface area contributed by atoms with Crippen LogP contribution >= 0.6 is 11.3 Å². The lowest BCUT2D eigenvalue weighted by atomic mass is 10.1. The zero-order valence-electron chi connectivity index (χ0n) is 17.5.